The quantitative estimate of drug-likeness (QED) is 0.771. The van der Waals surface area contributed by atoms with E-state index in [4.69, 9.17) is 4.74 Å². The molecule has 3 heterocycles. The van der Waals surface area contributed by atoms with Crippen LogP contribution in [0.25, 0.3) is 0 Å². The van der Waals surface area contributed by atoms with Crippen LogP contribution in [0.5, 0.6) is 0 Å². The van der Waals surface area contributed by atoms with Crippen molar-refractivity contribution in [1.29, 1.82) is 0 Å². The van der Waals surface area contributed by atoms with Crippen molar-refractivity contribution in [3.63, 3.8) is 0 Å². The standard InChI is InChI=1S/C19H29N3O2S.2ClH/c1-21(18(23)15-13-19(15)4-6-20-7-5-19)14-16(17-3-2-12-25-17)22-8-10-24-11-9-22;;/h2-3,12,15-16,20H,4-11,13-14H2,1H3;2*1H. The molecule has 8 heteroatoms. The minimum Gasteiger partial charge on any atom is -0.379 e. The zero-order valence-corrected chi connectivity index (χ0v) is 18.3. The number of rotatable bonds is 5. The number of morpholine rings is 1. The maximum absolute atomic E-state index is 13.0. The molecule has 1 saturated carbocycles. The minimum absolute atomic E-state index is 0. The highest BCUT2D eigenvalue weighted by molar-refractivity contribution is 7.10. The molecule has 1 N–H and O–H groups in total. The highest BCUT2D eigenvalue weighted by atomic mass is 35.5. The molecule has 1 aliphatic carbocycles. The summed E-state index contributed by atoms with van der Waals surface area (Å²) in [5, 5.41) is 5.56. The largest absolute Gasteiger partial charge is 0.379 e. The lowest BCUT2D eigenvalue weighted by atomic mass is 9.91. The first-order chi connectivity index (χ1) is 12.2. The van der Waals surface area contributed by atoms with E-state index in [-0.39, 0.29) is 30.7 Å². The summed E-state index contributed by atoms with van der Waals surface area (Å²) in [7, 11) is 2.00. The van der Waals surface area contributed by atoms with E-state index in [9.17, 15) is 4.79 Å². The number of carbonyl (C=O) groups is 1. The number of amides is 1. The summed E-state index contributed by atoms with van der Waals surface area (Å²) in [6.07, 6.45) is 3.42. The van der Waals surface area contributed by atoms with Crippen molar-refractivity contribution in [2.45, 2.75) is 25.3 Å². The first-order valence-electron chi connectivity index (χ1n) is 9.50. The Morgan fingerprint density at radius 2 is 2.07 bits per heavy atom. The Balaban J connectivity index is 0.00000131. The maximum atomic E-state index is 13.0. The normalized spacial score (nSPS) is 25.1. The minimum atomic E-state index is 0. The molecule has 3 fully saturated rings. The van der Waals surface area contributed by atoms with Gasteiger partial charge in [0.05, 0.1) is 19.3 Å². The summed E-state index contributed by atoms with van der Waals surface area (Å²) < 4.78 is 5.52. The molecule has 2 aliphatic heterocycles. The second-order valence-corrected chi connectivity index (χ2v) is 8.75. The van der Waals surface area contributed by atoms with Gasteiger partial charge in [-0.25, -0.2) is 0 Å². The number of thiophene rings is 1. The van der Waals surface area contributed by atoms with Crippen LogP contribution in [-0.2, 0) is 9.53 Å². The number of ether oxygens (including phenoxy) is 1. The van der Waals surface area contributed by atoms with Crippen LogP contribution in [0, 0.1) is 11.3 Å². The van der Waals surface area contributed by atoms with E-state index in [0.29, 0.717) is 17.4 Å². The SMILES string of the molecule is CN(CC(c1cccs1)N1CCOCC1)C(=O)C1CC12CCNCC2.Cl.Cl. The van der Waals surface area contributed by atoms with E-state index in [1.54, 1.807) is 11.3 Å². The smallest absolute Gasteiger partial charge is 0.226 e. The molecule has 1 aromatic heterocycles. The molecule has 5 nitrogen and oxygen atoms in total. The van der Waals surface area contributed by atoms with Crippen molar-refractivity contribution in [3.05, 3.63) is 22.4 Å². The Kier molecular flexibility index (Phi) is 8.40. The topological polar surface area (TPSA) is 44.8 Å². The second kappa shape index (κ2) is 9.90. The Morgan fingerprint density at radius 1 is 1.37 bits per heavy atom. The number of halogens is 2. The first kappa shape index (κ1) is 22.9. The second-order valence-electron chi connectivity index (χ2n) is 7.77. The molecule has 1 amide bonds. The molecule has 3 aliphatic rings. The van der Waals surface area contributed by atoms with Crippen molar-refractivity contribution in [2.24, 2.45) is 11.3 Å². The monoisotopic (exact) mass is 435 g/mol. The molecule has 1 spiro atoms. The van der Waals surface area contributed by atoms with E-state index in [1.165, 1.54) is 4.88 Å². The lowest BCUT2D eigenvalue weighted by Crippen LogP contribution is -2.44. The molecule has 0 aromatic carbocycles. The van der Waals surface area contributed by atoms with Gasteiger partial charge < -0.3 is 15.0 Å². The Labute approximate surface area is 178 Å². The average Bonchev–Trinajstić information content (AvgIpc) is 3.08. The Hall–Kier alpha value is -0.370. The molecule has 4 rings (SSSR count). The molecular weight excluding hydrogens is 405 g/mol. The predicted octanol–water partition coefficient (Wildman–Crippen LogP) is 2.81. The van der Waals surface area contributed by atoms with Crippen molar-refractivity contribution in [3.8, 4) is 0 Å². The third-order valence-electron chi connectivity index (χ3n) is 6.27. The summed E-state index contributed by atoms with van der Waals surface area (Å²) in [5.74, 6) is 0.616. The number of hydrogen-bond acceptors (Lipinski definition) is 5. The summed E-state index contributed by atoms with van der Waals surface area (Å²) in [4.78, 5) is 18.9. The van der Waals surface area contributed by atoms with Gasteiger partial charge >= 0.3 is 0 Å². The van der Waals surface area contributed by atoms with Gasteiger partial charge in [0.1, 0.15) is 0 Å². The fourth-order valence-corrected chi connectivity index (χ4v) is 5.40. The summed E-state index contributed by atoms with van der Waals surface area (Å²) in [6, 6.07) is 4.61. The molecule has 0 radical (unpaired) electrons. The van der Waals surface area contributed by atoms with Crippen LogP contribution in [0.2, 0.25) is 0 Å². The number of nitrogens with zero attached hydrogens (tertiary/aromatic N) is 2. The van der Waals surface area contributed by atoms with E-state index in [2.05, 4.69) is 27.7 Å². The van der Waals surface area contributed by atoms with E-state index < -0.39 is 0 Å². The van der Waals surface area contributed by atoms with Crippen LogP contribution in [0.4, 0.5) is 0 Å². The van der Waals surface area contributed by atoms with Gasteiger partial charge in [-0.1, -0.05) is 6.07 Å². The zero-order valence-electron chi connectivity index (χ0n) is 15.9. The zero-order chi connectivity index (χ0) is 17.3. The van der Waals surface area contributed by atoms with E-state index in [0.717, 1.165) is 65.2 Å². The van der Waals surface area contributed by atoms with Crippen molar-refractivity contribution < 1.29 is 9.53 Å². The number of hydrogen-bond donors (Lipinski definition) is 1. The highest BCUT2D eigenvalue weighted by Gasteiger charge is 2.58. The van der Waals surface area contributed by atoms with Gasteiger partial charge in [0.25, 0.3) is 0 Å². The van der Waals surface area contributed by atoms with Gasteiger partial charge in [-0.05, 0) is 49.2 Å². The van der Waals surface area contributed by atoms with Crippen molar-refractivity contribution >= 4 is 42.1 Å². The maximum Gasteiger partial charge on any atom is 0.226 e. The molecule has 2 atom stereocenters. The first-order valence-corrected chi connectivity index (χ1v) is 10.4. The van der Waals surface area contributed by atoms with Crippen LogP contribution < -0.4 is 5.32 Å². The van der Waals surface area contributed by atoms with Crippen molar-refractivity contribution in [1.82, 2.24) is 15.1 Å². The van der Waals surface area contributed by atoms with E-state index >= 15 is 0 Å². The summed E-state index contributed by atoms with van der Waals surface area (Å²) in [5.41, 5.74) is 0.313. The lowest BCUT2D eigenvalue weighted by molar-refractivity contribution is -0.133. The van der Waals surface area contributed by atoms with Gasteiger partial charge in [-0.2, -0.15) is 0 Å². The average molecular weight is 436 g/mol. The third-order valence-corrected chi connectivity index (χ3v) is 7.24. The lowest BCUT2D eigenvalue weighted by Gasteiger charge is -2.36. The van der Waals surface area contributed by atoms with Crippen LogP contribution in [0.3, 0.4) is 0 Å². The third kappa shape index (κ3) is 4.98. The fourth-order valence-electron chi connectivity index (χ4n) is 4.54. The van der Waals surface area contributed by atoms with Gasteiger partial charge in [0.2, 0.25) is 5.91 Å². The predicted molar refractivity (Wildman–Crippen MR) is 114 cm³/mol. The van der Waals surface area contributed by atoms with Crippen LogP contribution in [0.1, 0.15) is 30.2 Å². The molecule has 1 aromatic rings. The Bertz CT molecular complexity index is 590. The molecule has 2 unspecified atom stereocenters. The summed E-state index contributed by atoms with van der Waals surface area (Å²) in [6.45, 7) is 6.40. The molecular formula is C19H31Cl2N3O2S. The molecule has 154 valence electrons. The van der Waals surface area contributed by atoms with Crippen LogP contribution in [-0.4, -0.2) is 68.7 Å². The number of likely N-dealkylation sites (N-methyl/N-ethyl adjacent to an activating group) is 1. The molecule has 0 bridgehead atoms. The van der Waals surface area contributed by atoms with Crippen LogP contribution >= 0.6 is 36.2 Å². The van der Waals surface area contributed by atoms with Crippen LogP contribution in [0.15, 0.2) is 17.5 Å². The van der Waals surface area contributed by atoms with Gasteiger partial charge in [0, 0.05) is 37.5 Å². The Morgan fingerprint density at radius 3 is 2.70 bits per heavy atom. The van der Waals surface area contributed by atoms with Gasteiger partial charge in [0.15, 0.2) is 0 Å². The fraction of sp³-hybridized carbons (Fsp3) is 0.737. The molecule has 27 heavy (non-hydrogen) atoms. The number of piperidine rings is 1. The molecule has 2 saturated heterocycles. The van der Waals surface area contributed by atoms with Gasteiger partial charge in [-0.3, -0.25) is 9.69 Å². The van der Waals surface area contributed by atoms with Crippen molar-refractivity contribution in [2.75, 3.05) is 53.0 Å². The number of carbonyl (C=O) groups excluding carboxylic acids is 1. The highest BCUT2D eigenvalue weighted by Crippen LogP contribution is 2.59. The van der Waals surface area contributed by atoms with Gasteiger partial charge in [-0.15, -0.1) is 36.2 Å². The summed E-state index contributed by atoms with van der Waals surface area (Å²) >= 11 is 1.80. The number of nitrogens with one attached hydrogen (secondary N) is 1. The van der Waals surface area contributed by atoms with E-state index in [1.807, 2.05) is 11.9 Å².